The predicted molar refractivity (Wildman–Crippen MR) is 83.3 cm³/mol. The number of hydrogen-bond acceptors (Lipinski definition) is 5. The van der Waals surface area contributed by atoms with E-state index < -0.39 is 0 Å². The van der Waals surface area contributed by atoms with Gasteiger partial charge in [-0.15, -0.1) is 0 Å². The number of nitrogens with two attached hydrogens (primary N) is 1. The average Bonchev–Trinajstić information content (AvgIpc) is 2.89. The Morgan fingerprint density at radius 3 is 2.76 bits per heavy atom. The third-order valence-electron chi connectivity index (χ3n) is 3.40. The zero-order valence-corrected chi connectivity index (χ0v) is 11.8. The van der Waals surface area contributed by atoms with E-state index in [2.05, 4.69) is 9.88 Å². The number of benzene rings is 2. The van der Waals surface area contributed by atoms with Gasteiger partial charge < -0.3 is 20.2 Å². The Bertz CT molecular complexity index is 767. The summed E-state index contributed by atoms with van der Waals surface area (Å²) < 4.78 is 5.74. The Morgan fingerprint density at radius 2 is 2.05 bits per heavy atom. The number of nitrogen functional groups attached to an aromatic ring is 1. The van der Waals surface area contributed by atoms with Crippen molar-refractivity contribution in [2.24, 2.45) is 0 Å². The molecule has 21 heavy (non-hydrogen) atoms. The van der Waals surface area contributed by atoms with Crippen LogP contribution < -0.4 is 10.6 Å². The Balaban J connectivity index is 1.90. The summed E-state index contributed by atoms with van der Waals surface area (Å²) in [6.45, 7) is 3.34. The van der Waals surface area contributed by atoms with E-state index in [-0.39, 0.29) is 5.75 Å². The van der Waals surface area contributed by atoms with Crippen LogP contribution in [0.1, 0.15) is 12.8 Å². The number of phenols is 1. The van der Waals surface area contributed by atoms with Gasteiger partial charge in [-0.1, -0.05) is 12.1 Å². The summed E-state index contributed by atoms with van der Waals surface area (Å²) in [7, 11) is 0. The highest BCUT2D eigenvalue weighted by atomic mass is 16.3. The largest absolute Gasteiger partial charge is 0.508 e. The molecule has 0 radical (unpaired) electrons. The van der Waals surface area contributed by atoms with Crippen LogP contribution in [0, 0.1) is 0 Å². The number of aromatic hydroxyl groups is 1. The molecular weight excluding hydrogens is 266 g/mol. The number of anilines is 2. The third-order valence-corrected chi connectivity index (χ3v) is 3.40. The molecule has 2 aromatic carbocycles. The normalized spacial score (nSPS) is 10.9. The number of hydrogen-bond donors (Lipinski definition) is 2. The second-order valence-electron chi connectivity index (χ2n) is 4.84. The number of phenolic OH excluding ortho intramolecular Hbond substituents is 1. The van der Waals surface area contributed by atoms with E-state index in [0.717, 1.165) is 12.2 Å². The molecule has 3 aromatic rings. The lowest BCUT2D eigenvalue weighted by atomic mass is 10.2. The smallest absolute Gasteiger partial charge is 0.215 e. The molecule has 0 bridgehead atoms. The molecule has 108 valence electrons. The molecule has 0 amide bonds. The molecule has 0 aliphatic rings. The zero-order chi connectivity index (χ0) is 14.8. The van der Waals surface area contributed by atoms with Crippen molar-refractivity contribution in [3.05, 3.63) is 48.4 Å². The maximum Gasteiger partial charge on any atom is 0.215 e. The fraction of sp³-hybridized carbons (Fsp3) is 0.188. The van der Waals surface area contributed by atoms with Crippen LogP contribution in [-0.2, 0) is 6.54 Å². The number of nitrogens with zero attached hydrogens (tertiary/aromatic N) is 2. The van der Waals surface area contributed by atoms with E-state index in [9.17, 15) is 5.11 Å². The SMILES string of the molecule is CCN(Cc1nc2c(N)cccc2o1)c1cccc(O)c1. The van der Waals surface area contributed by atoms with Crippen molar-refractivity contribution in [3.8, 4) is 5.75 Å². The van der Waals surface area contributed by atoms with Crippen LogP contribution in [0.25, 0.3) is 11.1 Å². The van der Waals surface area contributed by atoms with Crippen LogP contribution in [0.5, 0.6) is 5.75 Å². The lowest BCUT2D eigenvalue weighted by Gasteiger charge is -2.21. The summed E-state index contributed by atoms with van der Waals surface area (Å²) in [5.41, 5.74) is 8.82. The molecule has 0 saturated carbocycles. The van der Waals surface area contributed by atoms with E-state index >= 15 is 0 Å². The van der Waals surface area contributed by atoms with Crippen molar-refractivity contribution in [2.75, 3.05) is 17.2 Å². The number of aromatic nitrogens is 1. The highest BCUT2D eigenvalue weighted by Crippen LogP contribution is 2.25. The summed E-state index contributed by atoms with van der Waals surface area (Å²) in [6.07, 6.45) is 0. The molecule has 0 fully saturated rings. The number of fused-ring (bicyclic) bond motifs is 1. The number of para-hydroxylation sites is 1. The van der Waals surface area contributed by atoms with Gasteiger partial charge in [0.15, 0.2) is 5.58 Å². The number of rotatable bonds is 4. The van der Waals surface area contributed by atoms with Gasteiger partial charge >= 0.3 is 0 Å². The van der Waals surface area contributed by atoms with Gasteiger partial charge in [-0.25, -0.2) is 4.98 Å². The Kier molecular flexibility index (Phi) is 3.39. The Morgan fingerprint density at radius 1 is 1.24 bits per heavy atom. The van der Waals surface area contributed by atoms with Crippen molar-refractivity contribution >= 4 is 22.5 Å². The maximum atomic E-state index is 9.59. The lowest BCUT2D eigenvalue weighted by molar-refractivity contribution is 0.474. The van der Waals surface area contributed by atoms with Gasteiger partial charge in [0.2, 0.25) is 5.89 Å². The third kappa shape index (κ3) is 2.63. The second-order valence-corrected chi connectivity index (χ2v) is 4.84. The first-order chi connectivity index (χ1) is 10.2. The highest BCUT2D eigenvalue weighted by molar-refractivity contribution is 5.85. The van der Waals surface area contributed by atoms with Crippen molar-refractivity contribution in [2.45, 2.75) is 13.5 Å². The van der Waals surface area contributed by atoms with E-state index in [1.165, 1.54) is 0 Å². The van der Waals surface area contributed by atoms with Crippen LogP contribution in [0.4, 0.5) is 11.4 Å². The molecule has 0 aliphatic carbocycles. The molecule has 5 heteroatoms. The van der Waals surface area contributed by atoms with E-state index in [4.69, 9.17) is 10.2 Å². The molecule has 3 rings (SSSR count). The maximum absolute atomic E-state index is 9.59. The van der Waals surface area contributed by atoms with Gasteiger partial charge in [0.1, 0.15) is 11.3 Å². The lowest BCUT2D eigenvalue weighted by Crippen LogP contribution is -2.22. The predicted octanol–water partition coefficient (Wildman–Crippen LogP) is 3.14. The van der Waals surface area contributed by atoms with Crippen molar-refractivity contribution in [1.29, 1.82) is 0 Å². The minimum absolute atomic E-state index is 0.243. The van der Waals surface area contributed by atoms with Crippen molar-refractivity contribution < 1.29 is 9.52 Å². The summed E-state index contributed by atoms with van der Waals surface area (Å²) >= 11 is 0. The molecule has 1 aromatic heterocycles. The van der Waals surface area contributed by atoms with Gasteiger partial charge in [0.25, 0.3) is 0 Å². The molecule has 1 heterocycles. The van der Waals surface area contributed by atoms with Gasteiger partial charge in [-0.3, -0.25) is 0 Å². The summed E-state index contributed by atoms with van der Waals surface area (Å²) in [5, 5.41) is 9.59. The molecule has 0 unspecified atom stereocenters. The molecule has 0 spiro atoms. The Hall–Kier alpha value is -2.69. The monoisotopic (exact) mass is 283 g/mol. The van der Waals surface area contributed by atoms with Gasteiger partial charge in [-0.2, -0.15) is 0 Å². The molecule has 5 nitrogen and oxygen atoms in total. The molecule has 0 saturated heterocycles. The topological polar surface area (TPSA) is 75.5 Å². The van der Waals surface area contributed by atoms with Crippen LogP contribution in [0.15, 0.2) is 46.9 Å². The van der Waals surface area contributed by atoms with Crippen molar-refractivity contribution in [3.63, 3.8) is 0 Å². The van der Waals surface area contributed by atoms with Crippen LogP contribution in [-0.4, -0.2) is 16.6 Å². The highest BCUT2D eigenvalue weighted by Gasteiger charge is 2.12. The fourth-order valence-corrected chi connectivity index (χ4v) is 2.32. The standard InChI is InChI=1S/C16H17N3O2/c1-2-19(11-5-3-6-12(20)9-11)10-15-18-16-13(17)7-4-8-14(16)21-15/h3-9,20H,2,10,17H2,1H3. The Labute approximate surface area is 122 Å². The van der Waals surface area contributed by atoms with Gasteiger partial charge in [0, 0.05) is 18.3 Å². The zero-order valence-electron chi connectivity index (χ0n) is 11.8. The summed E-state index contributed by atoms with van der Waals surface area (Å²) in [6, 6.07) is 12.6. The minimum atomic E-state index is 0.243. The van der Waals surface area contributed by atoms with Crippen LogP contribution >= 0.6 is 0 Å². The van der Waals surface area contributed by atoms with Crippen LogP contribution in [0.3, 0.4) is 0 Å². The minimum Gasteiger partial charge on any atom is -0.508 e. The van der Waals surface area contributed by atoms with Gasteiger partial charge in [0.05, 0.1) is 12.2 Å². The van der Waals surface area contributed by atoms with E-state index in [1.54, 1.807) is 12.1 Å². The number of oxazole rings is 1. The summed E-state index contributed by atoms with van der Waals surface area (Å²) in [4.78, 5) is 6.52. The average molecular weight is 283 g/mol. The van der Waals surface area contributed by atoms with E-state index in [0.29, 0.717) is 29.2 Å². The first-order valence-corrected chi connectivity index (χ1v) is 6.85. The van der Waals surface area contributed by atoms with Gasteiger partial charge in [-0.05, 0) is 31.2 Å². The quantitative estimate of drug-likeness (QED) is 0.719. The first kappa shape index (κ1) is 13.3. The van der Waals surface area contributed by atoms with Crippen molar-refractivity contribution in [1.82, 2.24) is 4.98 Å². The van der Waals surface area contributed by atoms with E-state index in [1.807, 2.05) is 37.3 Å². The van der Waals surface area contributed by atoms with Crippen LogP contribution in [0.2, 0.25) is 0 Å². The molecule has 0 aliphatic heterocycles. The molecule has 0 atom stereocenters. The first-order valence-electron chi connectivity index (χ1n) is 6.85. The second kappa shape index (κ2) is 5.36. The molecule has 3 N–H and O–H groups in total. The summed E-state index contributed by atoms with van der Waals surface area (Å²) in [5.74, 6) is 0.848. The fourth-order valence-electron chi connectivity index (χ4n) is 2.32. The molecular formula is C16H17N3O2.